The SMILES string of the molecule is CCCCC=C/[C]=C/CC(C)C. The van der Waals surface area contributed by atoms with Gasteiger partial charge in [-0.3, -0.25) is 0 Å². The summed E-state index contributed by atoms with van der Waals surface area (Å²) in [6.07, 6.45) is 14.4. The quantitative estimate of drug-likeness (QED) is 0.410. The van der Waals surface area contributed by atoms with Gasteiger partial charge in [0.2, 0.25) is 0 Å². The highest BCUT2D eigenvalue weighted by Crippen LogP contribution is 2.00. The second-order valence-electron chi connectivity index (χ2n) is 3.54. The molecule has 0 aliphatic heterocycles. The van der Waals surface area contributed by atoms with Crippen LogP contribution in [-0.4, -0.2) is 0 Å². The minimum atomic E-state index is 0.751. The van der Waals surface area contributed by atoms with E-state index in [1.807, 2.05) is 6.08 Å². The van der Waals surface area contributed by atoms with E-state index in [0.717, 1.165) is 12.3 Å². The standard InChI is InChI=1S/C12H21/c1-4-5-6-7-8-9-10-11-12(2)3/h7-8,10,12H,4-6,11H2,1-3H3. The van der Waals surface area contributed by atoms with E-state index in [1.165, 1.54) is 19.3 Å². The lowest BCUT2D eigenvalue weighted by Gasteiger charge is -1.94. The van der Waals surface area contributed by atoms with Crippen LogP contribution in [0, 0.1) is 12.0 Å². The van der Waals surface area contributed by atoms with Gasteiger partial charge in [-0.15, -0.1) is 0 Å². The average Bonchev–Trinajstić information content (AvgIpc) is 2.02. The molecule has 0 saturated heterocycles. The first-order chi connectivity index (χ1) is 5.77. The Balaban J connectivity index is 3.27. The van der Waals surface area contributed by atoms with Crippen LogP contribution in [0.4, 0.5) is 0 Å². The average molecular weight is 165 g/mol. The summed E-state index contributed by atoms with van der Waals surface area (Å²) in [6, 6.07) is 0. The highest BCUT2D eigenvalue weighted by atomic mass is 13.9. The van der Waals surface area contributed by atoms with Crippen molar-refractivity contribution in [2.24, 2.45) is 5.92 Å². The fourth-order valence-electron chi connectivity index (χ4n) is 0.845. The van der Waals surface area contributed by atoms with Gasteiger partial charge in [0, 0.05) is 0 Å². The zero-order valence-corrected chi connectivity index (χ0v) is 8.64. The summed E-state index contributed by atoms with van der Waals surface area (Å²) in [4.78, 5) is 0. The molecule has 12 heavy (non-hydrogen) atoms. The molecule has 0 rings (SSSR count). The molecule has 0 heterocycles. The Labute approximate surface area is 77.4 Å². The van der Waals surface area contributed by atoms with E-state index in [1.54, 1.807) is 0 Å². The van der Waals surface area contributed by atoms with Crippen LogP contribution in [0.5, 0.6) is 0 Å². The van der Waals surface area contributed by atoms with Crippen molar-refractivity contribution in [2.75, 3.05) is 0 Å². The van der Waals surface area contributed by atoms with Gasteiger partial charge < -0.3 is 0 Å². The molecule has 0 heteroatoms. The number of allylic oxidation sites excluding steroid dienone is 4. The van der Waals surface area contributed by atoms with E-state index in [4.69, 9.17) is 0 Å². The smallest absolute Gasteiger partial charge is 0.0230 e. The van der Waals surface area contributed by atoms with Crippen molar-refractivity contribution in [1.29, 1.82) is 0 Å². The maximum Gasteiger partial charge on any atom is -0.0230 e. The molecule has 69 valence electrons. The molecule has 0 atom stereocenters. The zero-order valence-electron chi connectivity index (χ0n) is 8.64. The molecule has 0 amide bonds. The van der Waals surface area contributed by atoms with E-state index in [9.17, 15) is 0 Å². The molecule has 0 nitrogen and oxygen atoms in total. The molecule has 0 spiro atoms. The van der Waals surface area contributed by atoms with Crippen molar-refractivity contribution < 1.29 is 0 Å². The third-order valence-electron chi connectivity index (χ3n) is 1.65. The van der Waals surface area contributed by atoms with Crippen molar-refractivity contribution >= 4 is 0 Å². The summed E-state index contributed by atoms with van der Waals surface area (Å²) >= 11 is 0. The number of unbranched alkanes of at least 4 members (excludes halogenated alkanes) is 2. The molecular formula is C12H21. The third-order valence-corrected chi connectivity index (χ3v) is 1.65. The molecule has 0 fully saturated rings. The summed E-state index contributed by atoms with van der Waals surface area (Å²) < 4.78 is 0. The lowest BCUT2D eigenvalue weighted by atomic mass is 10.1. The molecule has 0 aliphatic carbocycles. The second-order valence-corrected chi connectivity index (χ2v) is 3.54. The molecule has 0 unspecified atom stereocenters. The molecular weight excluding hydrogens is 144 g/mol. The summed E-state index contributed by atoms with van der Waals surface area (Å²) in [5.74, 6) is 0.751. The molecule has 0 aromatic rings. The normalized spacial score (nSPS) is 12.3. The molecule has 0 N–H and O–H groups in total. The highest BCUT2D eigenvalue weighted by Gasteiger charge is 1.85. The predicted octanol–water partition coefficient (Wildman–Crippen LogP) is 4.14. The van der Waals surface area contributed by atoms with E-state index in [2.05, 4.69) is 39.0 Å². The van der Waals surface area contributed by atoms with Gasteiger partial charge in [-0.1, -0.05) is 51.8 Å². The monoisotopic (exact) mass is 165 g/mol. The fraction of sp³-hybridized carbons (Fsp3) is 0.667. The van der Waals surface area contributed by atoms with Gasteiger partial charge in [0.05, 0.1) is 0 Å². The molecule has 0 aliphatic rings. The van der Waals surface area contributed by atoms with Gasteiger partial charge in [-0.2, -0.15) is 0 Å². The number of hydrogen-bond acceptors (Lipinski definition) is 0. The Morgan fingerprint density at radius 3 is 2.67 bits per heavy atom. The summed E-state index contributed by atoms with van der Waals surface area (Å²) in [6.45, 7) is 6.66. The summed E-state index contributed by atoms with van der Waals surface area (Å²) in [5.41, 5.74) is 0. The molecule has 0 aromatic heterocycles. The first-order valence-electron chi connectivity index (χ1n) is 5.00. The first-order valence-corrected chi connectivity index (χ1v) is 5.00. The van der Waals surface area contributed by atoms with E-state index in [-0.39, 0.29) is 0 Å². The number of rotatable bonds is 6. The van der Waals surface area contributed by atoms with Crippen LogP contribution in [0.3, 0.4) is 0 Å². The van der Waals surface area contributed by atoms with Gasteiger partial charge in [0.15, 0.2) is 0 Å². The molecule has 0 saturated carbocycles. The van der Waals surface area contributed by atoms with Crippen LogP contribution in [0.1, 0.15) is 46.5 Å². The zero-order chi connectivity index (χ0) is 9.23. The van der Waals surface area contributed by atoms with Gasteiger partial charge in [0.1, 0.15) is 0 Å². The second kappa shape index (κ2) is 8.58. The van der Waals surface area contributed by atoms with Gasteiger partial charge >= 0.3 is 0 Å². The Hall–Kier alpha value is -0.520. The fourth-order valence-corrected chi connectivity index (χ4v) is 0.845. The van der Waals surface area contributed by atoms with Crippen LogP contribution in [0.2, 0.25) is 0 Å². The molecule has 0 bridgehead atoms. The van der Waals surface area contributed by atoms with Gasteiger partial charge in [-0.25, -0.2) is 0 Å². The van der Waals surface area contributed by atoms with Crippen LogP contribution in [0.15, 0.2) is 18.2 Å². The maximum absolute atomic E-state index is 3.17. The van der Waals surface area contributed by atoms with Crippen LogP contribution in [-0.2, 0) is 0 Å². The minimum Gasteiger partial charge on any atom is -0.0839 e. The summed E-state index contributed by atoms with van der Waals surface area (Å²) in [7, 11) is 0. The Kier molecular flexibility index (Phi) is 8.20. The Morgan fingerprint density at radius 1 is 1.33 bits per heavy atom. The van der Waals surface area contributed by atoms with Crippen molar-refractivity contribution in [2.45, 2.75) is 46.5 Å². The van der Waals surface area contributed by atoms with E-state index in [0.29, 0.717) is 0 Å². The Morgan fingerprint density at radius 2 is 2.08 bits per heavy atom. The minimum absolute atomic E-state index is 0.751. The van der Waals surface area contributed by atoms with E-state index < -0.39 is 0 Å². The van der Waals surface area contributed by atoms with Crippen molar-refractivity contribution in [3.8, 4) is 0 Å². The van der Waals surface area contributed by atoms with Crippen LogP contribution >= 0.6 is 0 Å². The topological polar surface area (TPSA) is 0 Å². The largest absolute Gasteiger partial charge is 0.0839 e. The lowest BCUT2D eigenvalue weighted by molar-refractivity contribution is 0.663. The van der Waals surface area contributed by atoms with Gasteiger partial charge in [0.25, 0.3) is 0 Å². The summed E-state index contributed by atoms with van der Waals surface area (Å²) in [5, 5.41) is 0. The van der Waals surface area contributed by atoms with Gasteiger partial charge in [-0.05, 0) is 24.8 Å². The third kappa shape index (κ3) is 9.48. The van der Waals surface area contributed by atoms with Crippen LogP contribution in [0.25, 0.3) is 0 Å². The van der Waals surface area contributed by atoms with Crippen molar-refractivity contribution in [3.63, 3.8) is 0 Å². The first kappa shape index (κ1) is 11.5. The number of hydrogen-bond donors (Lipinski definition) is 0. The van der Waals surface area contributed by atoms with Crippen molar-refractivity contribution in [3.05, 3.63) is 24.3 Å². The molecule has 0 aromatic carbocycles. The van der Waals surface area contributed by atoms with Crippen LogP contribution < -0.4 is 0 Å². The highest BCUT2D eigenvalue weighted by molar-refractivity contribution is 4.95. The maximum atomic E-state index is 3.17. The Bertz CT molecular complexity index is 129. The lowest BCUT2D eigenvalue weighted by Crippen LogP contribution is -1.80. The predicted molar refractivity (Wildman–Crippen MR) is 55.9 cm³/mol. The van der Waals surface area contributed by atoms with E-state index >= 15 is 0 Å². The molecule has 1 radical (unpaired) electrons. The van der Waals surface area contributed by atoms with Crippen molar-refractivity contribution in [1.82, 2.24) is 0 Å².